The molecular weight excluding hydrogens is 326 g/mol. The summed E-state index contributed by atoms with van der Waals surface area (Å²) in [6.45, 7) is 0.918. The number of aliphatic hydroxyl groups excluding tert-OH is 1. The molecule has 2 aliphatic rings. The van der Waals surface area contributed by atoms with Crippen LogP contribution in [0.5, 0.6) is 0 Å². The lowest BCUT2D eigenvalue weighted by molar-refractivity contribution is 0.0971. The fourth-order valence-corrected chi connectivity index (χ4v) is 4.33. The topological polar surface area (TPSA) is 58.6 Å². The van der Waals surface area contributed by atoms with Crippen LogP contribution in [0.4, 0.5) is 4.79 Å². The Kier molecular flexibility index (Phi) is 4.93. The fourth-order valence-electron chi connectivity index (χ4n) is 4.33. The maximum absolute atomic E-state index is 12.2. The molecule has 0 aromatic heterocycles. The molecule has 136 valence electrons. The van der Waals surface area contributed by atoms with Crippen molar-refractivity contribution in [1.29, 1.82) is 0 Å². The molecule has 4 nitrogen and oxygen atoms in total. The highest BCUT2D eigenvalue weighted by atomic mass is 16.5. The number of aliphatic hydroxyl groups is 1. The zero-order valence-electron chi connectivity index (χ0n) is 14.9. The van der Waals surface area contributed by atoms with Crippen LogP contribution in [0.2, 0.25) is 0 Å². The molecule has 4 heteroatoms. The van der Waals surface area contributed by atoms with Crippen molar-refractivity contribution in [1.82, 2.24) is 5.32 Å². The zero-order chi connectivity index (χ0) is 17.9. The Labute approximate surface area is 154 Å². The Morgan fingerprint density at radius 2 is 1.69 bits per heavy atom. The molecule has 0 spiro atoms. The van der Waals surface area contributed by atoms with E-state index in [1.54, 1.807) is 0 Å². The van der Waals surface area contributed by atoms with Crippen molar-refractivity contribution in [3.63, 3.8) is 0 Å². The molecule has 1 fully saturated rings. The molecular formula is C22H25NO3. The highest BCUT2D eigenvalue weighted by Crippen LogP contribution is 2.44. The van der Waals surface area contributed by atoms with Crippen molar-refractivity contribution in [2.24, 2.45) is 5.92 Å². The van der Waals surface area contributed by atoms with Crippen molar-refractivity contribution < 1.29 is 14.6 Å². The summed E-state index contributed by atoms with van der Waals surface area (Å²) in [5.74, 6) is 0.434. The Morgan fingerprint density at radius 1 is 1.04 bits per heavy atom. The van der Waals surface area contributed by atoms with Gasteiger partial charge in [-0.3, -0.25) is 0 Å². The summed E-state index contributed by atoms with van der Waals surface area (Å²) < 4.78 is 5.55. The maximum atomic E-state index is 12.2. The molecule has 0 bridgehead atoms. The molecule has 0 radical (unpaired) electrons. The molecule has 1 saturated carbocycles. The van der Waals surface area contributed by atoms with Crippen molar-refractivity contribution in [3.8, 4) is 11.1 Å². The molecule has 0 saturated heterocycles. The number of hydrogen-bond acceptors (Lipinski definition) is 3. The number of carbonyl (C=O) groups excluding carboxylic acids is 1. The first kappa shape index (κ1) is 17.1. The molecule has 2 N–H and O–H groups in total. The van der Waals surface area contributed by atoms with Crippen LogP contribution < -0.4 is 5.32 Å². The van der Waals surface area contributed by atoms with Gasteiger partial charge in [0.15, 0.2) is 0 Å². The van der Waals surface area contributed by atoms with Crippen LogP contribution in [0, 0.1) is 5.92 Å². The van der Waals surface area contributed by atoms with E-state index >= 15 is 0 Å². The number of fused-ring (bicyclic) bond motifs is 3. The van der Waals surface area contributed by atoms with Gasteiger partial charge in [0.05, 0.1) is 6.10 Å². The van der Waals surface area contributed by atoms with Gasteiger partial charge < -0.3 is 15.2 Å². The number of alkyl carbamates (subject to hydrolysis) is 1. The number of carbonyl (C=O) groups is 1. The van der Waals surface area contributed by atoms with Crippen LogP contribution in [0.3, 0.4) is 0 Å². The number of ether oxygens (including phenoxy) is 1. The summed E-state index contributed by atoms with van der Waals surface area (Å²) >= 11 is 0. The first-order chi connectivity index (χ1) is 12.7. The van der Waals surface area contributed by atoms with Crippen LogP contribution in [-0.4, -0.2) is 30.5 Å². The minimum absolute atomic E-state index is 0.0876. The van der Waals surface area contributed by atoms with Crippen molar-refractivity contribution in [2.45, 2.75) is 37.7 Å². The number of nitrogens with one attached hydrogen (secondary N) is 1. The lowest BCUT2D eigenvalue weighted by Crippen LogP contribution is -2.33. The summed E-state index contributed by atoms with van der Waals surface area (Å²) in [6, 6.07) is 16.6. The van der Waals surface area contributed by atoms with E-state index in [4.69, 9.17) is 4.74 Å². The minimum Gasteiger partial charge on any atom is -0.449 e. The van der Waals surface area contributed by atoms with E-state index in [9.17, 15) is 9.90 Å². The van der Waals surface area contributed by atoms with E-state index in [0.29, 0.717) is 19.1 Å². The summed E-state index contributed by atoms with van der Waals surface area (Å²) in [5, 5.41) is 12.6. The molecule has 2 aromatic carbocycles. The van der Waals surface area contributed by atoms with E-state index in [1.807, 2.05) is 24.3 Å². The monoisotopic (exact) mass is 351 g/mol. The first-order valence-electron chi connectivity index (χ1n) is 9.49. The van der Waals surface area contributed by atoms with E-state index in [2.05, 4.69) is 29.6 Å². The van der Waals surface area contributed by atoms with Gasteiger partial charge in [-0.1, -0.05) is 55.0 Å². The van der Waals surface area contributed by atoms with Crippen LogP contribution in [0.1, 0.15) is 42.7 Å². The van der Waals surface area contributed by atoms with Gasteiger partial charge in [-0.2, -0.15) is 0 Å². The van der Waals surface area contributed by atoms with Gasteiger partial charge in [0.2, 0.25) is 0 Å². The molecule has 2 aliphatic carbocycles. The Bertz CT molecular complexity index is 743. The van der Waals surface area contributed by atoms with E-state index < -0.39 is 0 Å². The van der Waals surface area contributed by atoms with E-state index in [0.717, 1.165) is 25.7 Å². The zero-order valence-corrected chi connectivity index (χ0v) is 14.9. The third-order valence-corrected chi connectivity index (χ3v) is 5.63. The third-order valence-electron chi connectivity index (χ3n) is 5.63. The summed E-state index contributed by atoms with van der Waals surface area (Å²) in [6.07, 6.45) is 3.13. The van der Waals surface area contributed by atoms with Gasteiger partial charge in [-0.15, -0.1) is 0 Å². The molecule has 0 heterocycles. The van der Waals surface area contributed by atoms with Crippen LogP contribution >= 0.6 is 0 Å². The van der Waals surface area contributed by atoms with Crippen molar-refractivity contribution >= 4 is 6.09 Å². The first-order valence-corrected chi connectivity index (χ1v) is 9.49. The summed E-state index contributed by atoms with van der Waals surface area (Å²) in [4.78, 5) is 12.2. The number of rotatable bonds is 4. The Hall–Kier alpha value is -2.33. The standard InChI is InChI=1S/C22H25NO3/c24-16-7-5-6-15(12-16)13-23-22(25)26-14-21-19-10-3-1-8-17(19)18-9-2-4-11-20(18)21/h1-4,8-11,15-16,21,24H,5-7,12-14H2,(H,23,25)/t15-,16+/m0/s1. The predicted octanol–water partition coefficient (Wildman–Crippen LogP) is 4.08. The van der Waals surface area contributed by atoms with Gasteiger partial charge in [-0.05, 0) is 47.4 Å². The molecule has 0 unspecified atom stereocenters. The molecule has 2 aromatic rings. The van der Waals surface area contributed by atoms with Crippen molar-refractivity contribution in [2.75, 3.05) is 13.2 Å². The van der Waals surface area contributed by atoms with Crippen molar-refractivity contribution in [3.05, 3.63) is 59.7 Å². The largest absolute Gasteiger partial charge is 0.449 e. The Balaban J connectivity index is 1.36. The average Bonchev–Trinajstić information content (AvgIpc) is 2.99. The van der Waals surface area contributed by atoms with Gasteiger partial charge in [0, 0.05) is 12.5 Å². The maximum Gasteiger partial charge on any atom is 0.407 e. The van der Waals surface area contributed by atoms with Gasteiger partial charge in [0.1, 0.15) is 6.61 Å². The lowest BCUT2D eigenvalue weighted by Gasteiger charge is -2.25. The second-order valence-corrected chi connectivity index (χ2v) is 7.39. The third kappa shape index (κ3) is 3.47. The SMILES string of the molecule is O=C(NC[C@H]1CCC[C@@H](O)C1)OCC1c2ccccc2-c2ccccc21. The second-order valence-electron chi connectivity index (χ2n) is 7.39. The lowest BCUT2D eigenvalue weighted by atomic mass is 9.87. The van der Waals surface area contributed by atoms with E-state index in [-0.39, 0.29) is 18.1 Å². The highest BCUT2D eigenvalue weighted by molar-refractivity contribution is 5.79. The predicted molar refractivity (Wildman–Crippen MR) is 101 cm³/mol. The summed E-state index contributed by atoms with van der Waals surface area (Å²) in [7, 11) is 0. The van der Waals surface area contributed by atoms with Crippen LogP contribution in [0.15, 0.2) is 48.5 Å². The normalized spacial score (nSPS) is 21.7. The van der Waals surface area contributed by atoms with E-state index in [1.165, 1.54) is 22.3 Å². The fraction of sp³-hybridized carbons (Fsp3) is 0.409. The molecule has 4 rings (SSSR count). The number of amides is 1. The smallest absolute Gasteiger partial charge is 0.407 e. The quantitative estimate of drug-likeness (QED) is 0.873. The average molecular weight is 351 g/mol. The van der Waals surface area contributed by atoms with Gasteiger partial charge in [-0.25, -0.2) is 4.79 Å². The molecule has 2 atom stereocenters. The van der Waals surface area contributed by atoms with Crippen LogP contribution in [0.25, 0.3) is 11.1 Å². The summed E-state index contributed by atoms with van der Waals surface area (Å²) in [5.41, 5.74) is 4.90. The number of benzene rings is 2. The molecule has 26 heavy (non-hydrogen) atoms. The molecule has 0 aliphatic heterocycles. The minimum atomic E-state index is -0.369. The van der Waals surface area contributed by atoms with Gasteiger partial charge in [0.25, 0.3) is 0 Å². The van der Waals surface area contributed by atoms with Gasteiger partial charge >= 0.3 is 6.09 Å². The highest BCUT2D eigenvalue weighted by Gasteiger charge is 2.29. The Morgan fingerprint density at radius 3 is 2.35 bits per heavy atom. The number of hydrogen-bond donors (Lipinski definition) is 2. The second kappa shape index (κ2) is 7.50. The van der Waals surface area contributed by atoms with Crippen LogP contribution in [-0.2, 0) is 4.74 Å². The molecule has 1 amide bonds.